The average molecular weight is 799 g/mol. The zero-order valence-corrected chi connectivity index (χ0v) is 36.5. The second-order valence-electron chi connectivity index (χ2n) is 17.0. The van der Waals surface area contributed by atoms with Crippen molar-refractivity contribution in [2.24, 2.45) is 11.5 Å². The molecule has 2 aliphatic rings. The van der Waals surface area contributed by atoms with Gasteiger partial charge < -0.3 is 25.4 Å². The molecule has 4 N–H and O–H groups in total. The lowest BCUT2D eigenvalue weighted by atomic mass is 9.88. The Bertz CT molecular complexity index is 1900. The molecule has 4 aromatic carbocycles. The van der Waals surface area contributed by atoms with Gasteiger partial charge in [-0.05, 0) is 108 Å². The Balaban J connectivity index is 0.971. The lowest BCUT2D eigenvalue weighted by molar-refractivity contribution is -0.132. The van der Waals surface area contributed by atoms with E-state index in [0.29, 0.717) is 37.8 Å². The minimum atomic E-state index is -2.17. The number of piperidine rings is 2. The van der Waals surface area contributed by atoms with Crippen molar-refractivity contribution in [3.63, 3.8) is 0 Å². The van der Waals surface area contributed by atoms with Crippen molar-refractivity contribution in [2.75, 3.05) is 26.2 Å². The number of rotatable bonds is 14. The number of hydrogen-bond acceptors (Lipinski definition) is 5. The molecule has 0 saturated carbocycles. The molecule has 2 saturated heterocycles. The fourth-order valence-corrected chi connectivity index (χ4v) is 15.6. The largest absolute Gasteiger partial charge is 0.449 e. The number of benzene rings is 4. The second-order valence-corrected chi connectivity index (χ2v) is 24.9. The number of amides is 2. The SMILES string of the molecule is C[Si](C)(/C=C/c1cccc(CC(=O)N2CCC(c3cccc(CN)c3)CC2)c1)O[Si](C)(C)/C=C/c1cccc(CC(=O)N2CCC(c3cccc(CN)c3)CC2)c1. The van der Waals surface area contributed by atoms with Crippen LogP contribution < -0.4 is 11.5 Å². The van der Waals surface area contributed by atoms with Gasteiger partial charge in [0.05, 0.1) is 12.8 Å². The third-order valence-corrected chi connectivity index (χ3v) is 17.7. The number of nitrogens with two attached hydrogens (primary N) is 2. The summed E-state index contributed by atoms with van der Waals surface area (Å²) < 4.78 is 6.89. The van der Waals surface area contributed by atoms with Crippen molar-refractivity contribution < 1.29 is 13.7 Å². The minimum absolute atomic E-state index is 0.196. The summed E-state index contributed by atoms with van der Waals surface area (Å²) in [5, 5.41) is 0. The van der Waals surface area contributed by atoms with Gasteiger partial charge in [-0.25, -0.2) is 0 Å². The molecule has 2 fully saturated rings. The molecule has 0 spiro atoms. The van der Waals surface area contributed by atoms with Crippen LogP contribution in [0.2, 0.25) is 26.2 Å². The predicted octanol–water partition coefficient (Wildman–Crippen LogP) is 8.73. The van der Waals surface area contributed by atoms with Crippen LogP contribution in [0.4, 0.5) is 0 Å². The lowest BCUT2D eigenvalue weighted by Crippen LogP contribution is -2.42. The fraction of sp³-hybridized carbons (Fsp3) is 0.375. The highest BCUT2D eigenvalue weighted by Crippen LogP contribution is 2.30. The van der Waals surface area contributed by atoms with Gasteiger partial charge in [0.1, 0.15) is 0 Å². The summed E-state index contributed by atoms with van der Waals surface area (Å²) in [6.45, 7) is 13.2. The van der Waals surface area contributed by atoms with Crippen LogP contribution in [0.15, 0.2) is 108 Å². The standard InChI is InChI=1S/C48H62N4O3Si2/c1-56(2,27-21-37-9-5-11-39(29-37)33-47(53)51-23-17-43(18-24-51)45-15-7-13-41(31-45)35-49)55-57(3,4)28-22-38-10-6-12-40(30-38)34-48(54)52-25-19-44(20-26-52)46-16-8-14-42(32-46)36-50/h5-16,21-22,27-32,43-44H,17-20,23-26,33-36,49-50H2,1-4H3/b27-21+,28-22+. The van der Waals surface area contributed by atoms with Gasteiger partial charge in [0.15, 0.2) is 16.6 Å². The van der Waals surface area contributed by atoms with E-state index in [1.807, 2.05) is 21.9 Å². The van der Waals surface area contributed by atoms with E-state index < -0.39 is 16.6 Å². The van der Waals surface area contributed by atoms with Crippen molar-refractivity contribution >= 4 is 40.6 Å². The summed E-state index contributed by atoms with van der Waals surface area (Å²) in [6, 6.07) is 33.8. The highest BCUT2D eigenvalue weighted by atomic mass is 28.4. The van der Waals surface area contributed by atoms with E-state index in [2.05, 4.69) is 135 Å². The van der Waals surface area contributed by atoms with Crippen molar-refractivity contribution in [1.82, 2.24) is 9.80 Å². The zero-order valence-electron chi connectivity index (χ0n) is 34.5. The Labute approximate surface area is 343 Å². The molecule has 7 nitrogen and oxygen atoms in total. The Morgan fingerprint density at radius 2 is 0.947 bits per heavy atom. The molecule has 9 heteroatoms. The van der Waals surface area contributed by atoms with Crippen LogP contribution in [-0.2, 0) is 39.6 Å². The monoisotopic (exact) mass is 798 g/mol. The normalized spacial score (nSPS) is 16.2. The molecule has 2 aliphatic heterocycles. The highest BCUT2D eigenvalue weighted by Gasteiger charge is 2.30. The molecular formula is C48H62N4O3Si2. The minimum Gasteiger partial charge on any atom is -0.449 e. The van der Waals surface area contributed by atoms with Gasteiger partial charge in [-0.1, -0.05) is 121 Å². The van der Waals surface area contributed by atoms with Crippen LogP contribution in [0, 0.1) is 0 Å². The highest BCUT2D eigenvalue weighted by molar-refractivity contribution is 6.90. The lowest BCUT2D eigenvalue weighted by Gasteiger charge is -2.32. The Hall–Kier alpha value is -4.39. The molecule has 4 aromatic rings. The second kappa shape index (κ2) is 19.4. The summed E-state index contributed by atoms with van der Waals surface area (Å²) in [5.74, 6) is 1.35. The van der Waals surface area contributed by atoms with E-state index in [-0.39, 0.29) is 11.8 Å². The molecule has 0 aliphatic carbocycles. The molecule has 2 amide bonds. The van der Waals surface area contributed by atoms with Gasteiger partial charge in [-0.15, -0.1) is 0 Å². The van der Waals surface area contributed by atoms with Crippen LogP contribution in [0.3, 0.4) is 0 Å². The quantitative estimate of drug-likeness (QED) is 0.124. The first-order chi connectivity index (χ1) is 27.4. The summed E-state index contributed by atoms with van der Waals surface area (Å²) in [7, 11) is -4.34. The van der Waals surface area contributed by atoms with Crippen LogP contribution in [0.25, 0.3) is 12.2 Å². The predicted molar refractivity (Wildman–Crippen MR) is 240 cm³/mol. The van der Waals surface area contributed by atoms with Gasteiger partial charge in [0, 0.05) is 39.3 Å². The summed E-state index contributed by atoms with van der Waals surface area (Å²) in [5.41, 5.74) is 25.5. The summed E-state index contributed by atoms with van der Waals surface area (Å²) >= 11 is 0. The molecule has 0 atom stereocenters. The van der Waals surface area contributed by atoms with Crippen LogP contribution >= 0.6 is 0 Å². The van der Waals surface area contributed by atoms with Crippen molar-refractivity contribution in [2.45, 2.75) is 89.6 Å². The van der Waals surface area contributed by atoms with E-state index >= 15 is 0 Å². The van der Waals surface area contributed by atoms with Gasteiger partial charge in [0.2, 0.25) is 11.8 Å². The van der Waals surface area contributed by atoms with E-state index in [1.54, 1.807) is 0 Å². The van der Waals surface area contributed by atoms with E-state index in [1.165, 1.54) is 11.1 Å². The molecule has 0 aromatic heterocycles. The first kappa shape index (κ1) is 42.2. The third-order valence-electron chi connectivity index (χ3n) is 11.5. The molecular weight excluding hydrogens is 737 g/mol. The van der Waals surface area contributed by atoms with Crippen molar-refractivity contribution in [3.8, 4) is 0 Å². The molecule has 300 valence electrons. The maximum atomic E-state index is 13.3. The van der Waals surface area contributed by atoms with Crippen LogP contribution in [0.5, 0.6) is 0 Å². The first-order valence-electron chi connectivity index (χ1n) is 20.8. The third kappa shape index (κ3) is 12.3. The van der Waals surface area contributed by atoms with Gasteiger partial charge in [-0.2, -0.15) is 0 Å². The van der Waals surface area contributed by atoms with Crippen LogP contribution in [0.1, 0.15) is 82.0 Å². The molecule has 2 heterocycles. The maximum absolute atomic E-state index is 13.3. The van der Waals surface area contributed by atoms with Crippen LogP contribution in [-0.4, -0.2) is 64.4 Å². The van der Waals surface area contributed by atoms with Gasteiger partial charge >= 0.3 is 0 Å². The Morgan fingerprint density at radius 3 is 1.33 bits per heavy atom. The number of carbonyl (C=O) groups is 2. The molecule has 0 bridgehead atoms. The summed E-state index contributed by atoms with van der Waals surface area (Å²) in [6.07, 6.45) is 9.09. The first-order valence-corrected chi connectivity index (χ1v) is 26.8. The van der Waals surface area contributed by atoms with Crippen molar-refractivity contribution in [1.29, 1.82) is 0 Å². The maximum Gasteiger partial charge on any atom is 0.226 e. The van der Waals surface area contributed by atoms with Gasteiger partial charge in [-0.3, -0.25) is 9.59 Å². The topological polar surface area (TPSA) is 102 Å². The molecule has 57 heavy (non-hydrogen) atoms. The number of hydrogen-bond donors (Lipinski definition) is 2. The Morgan fingerprint density at radius 1 is 0.579 bits per heavy atom. The fourth-order valence-electron chi connectivity index (χ4n) is 8.40. The van der Waals surface area contributed by atoms with E-state index in [0.717, 1.165) is 85.2 Å². The summed E-state index contributed by atoms with van der Waals surface area (Å²) in [4.78, 5) is 30.7. The molecule has 0 unspecified atom stereocenters. The van der Waals surface area contributed by atoms with E-state index in [4.69, 9.17) is 15.6 Å². The van der Waals surface area contributed by atoms with Gasteiger partial charge in [0.25, 0.3) is 0 Å². The Kier molecular flexibility index (Phi) is 14.4. The smallest absolute Gasteiger partial charge is 0.226 e. The molecule has 0 radical (unpaired) electrons. The molecule has 6 rings (SSSR count). The number of nitrogens with zero attached hydrogens (tertiary/aromatic N) is 2. The average Bonchev–Trinajstić information content (AvgIpc) is 3.22. The zero-order chi connectivity index (χ0) is 40.4. The number of likely N-dealkylation sites (tertiary alicyclic amines) is 2. The van der Waals surface area contributed by atoms with E-state index in [9.17, 15) is 9.59 Å². The number of carbonyl (C=O) groups excluding carboxylic acids is 2. The van der Waals surface area contributed by atoms with Crippen molar-refractivity contribution in [3.05, 3.63) is 153 Å².